The van der Waals surface area contributed by atoms with Crippen LogP contribution in [0.5, 0.6) is 0 Å². The number of aryl methyl sites for hydroxylation is 1. The third-order valence-corrected chi connectivity index (χ3v) is 3.99. The van der Waals surface area contributed by atoms with Gasteiger partial charge in [0.15, 0.2) is 0 Å². The number of hydrogen-bond donors (Lipinski definition) is 1. The number of carbonyl (C=O) groups is 1. The molecular weight excluding hydrogens is 238 g/mol. The second-order valence-corrected chi connectivity index (χ2v) is 5.39. The average molecular weight is 255 g/mol. The van der Waals surface area contributed by atoms with Crippen LogP contribution in [0.2, 0.25) is 0 Å². The van der Waals surface area contributed by atoms with Crippen LogP contribution in [0.3, 0.4) is 0 Å². The van der Waals surface area contributed by atoms with E-state index in [1.54, 1.807) is 16.4 Å². The van der Waals surface area contributed by atoms with E-state index in [2.05, 4.69) is 10.00 Å². The second kappa shape index (κ2) is 5.55. The summed E-state index contributed by atoms with van der Waals surface area (Å²) in [5.41, 5.74) is 1.16. The maximum atomic E-state index is 11.1. The molecule has 1 atom stereocenters. The Morgan fingerprint density at radius 3 is 3.18 bits per heavy atom. The lowest BCUT2D eigenvalue weighted by Crippen LogP contribution is -2.47. The van der Waals surface area contributed by atoms with Gasteiger partial charge in [0, 0.05) is 37.8 Å². The number of rotatable bonds is 4. The highest BCUT2D eigenvalue weighted by atomic mass is 32.2. The number of aromatic nitrogens is 2. The third kappa shape index (κ3) is 3.23. The zero-order valence-corrected chi connectivity index (χ0v) is 10.7. The van der Waals surface area contributed by atoms with E-state index in [0.717, 1.165) is 30.8 Å². The molecule has 1 unspecified atom stereocenters. The Hall–Kier alpha value is -1.01. The summed E-state index contributed by atoms with van der Waals surface area (Å²) in [5, 5.41) is 13.3. The van der Waals surface area contributed by atoms with Crippen molar-refractivity contribution in [3.8, 4) is 0 Å². The smallest absolute Gasteiger partial charge is 0.321 e. The molecule has 1 saturated heterocycles. The minimum atomic E-state index is -0.705. The molecule has 0 spiro atoms. The van der Waals surface area contributed by atoms with Gasteiger partial charge in [-0.2, -0.15) is 16.9 Å². The van der Waals surface area contributed by atoms with Crippen LogP contribution in [0.4, 0.5) is 0 Å². The van der Waals surface area contributed by atoms with Crippen LogP contribution in [0.25, 0.3) is 0 Å². The average Bonchev–Trinajstić information content (AvgIpc) is 2.73. The molecule has 0 amide bonds. The van der Waals surface area contributed by atoms with Crippen molar-refractivity contribution in [3.63, 3.8) is 0 Å². The summed E-state index contributed by atoms with van der Waals surface area (Å²) in [7, 11) is 1.89. The van der Waals surface area contributed by atoms with Crippen LogP contribution < -0.4 is 0 Å². The van der Waals surface area contributed by atoms with Crippen molar-refractivity contribution in [1.29, 1.82) is 0 Å². The first-order chi connectivity index (χ1) is 8.16. The molecule has 5 nitrogen and oxygen atoms in total. The molecule has 1 aromatic heterocycles. The second-order valence-electron chi connectivity index (χ2n) is 4.24. The number of thioether (sulfide) groups is 1. The maximum absolute atomic E-state index is 11.1. The van der Waals surface area contributed by atoms with Gasteiger partial charge in [-0.25, -0.2) is 0 Å². The number of carboxylic acids is 1. The fraction of sp³-hybridized carbons (Fsp3) is 0.636. The number of nitrogens with zero attached hydrogens (tertiary/aromatic N) is 3. The van der Waals surface area contributed by atoms with Gasteiger partial charge in [-0.3, -0.25) is 14.4 Å². The summed E-state index contributed by atoms with van der Waals surface area (Å²) in [4.78, 5) is 13.2. The molecular formula is C11H17N3O2S. The van der Waals surface area contributed by atoms with Crippen molar-refractivity contribution in [1.82, 2.24) is 14.7 Å². The van der Waals surface area contributed by atoms with Crippen LogP contribution in [-0.2, 0) is 18.3 Å². The SMILES string of the molecule is Cn1cc(CCN2CCSCC2C(=O)O)cn1. The van der Waals surface area contributed by atoms with E-state index in [1.165, 1.54) is 0 Å². The molecule has 17 heavy (non-hydrogen) atoms. The predicted molar refractivity (Wildman–Crippen MR) is 67.2 cm³/mol. The summed E-state index contributed by atoms with van der Waals surface area (Å²) in [6.45, 7) is 1.66. The fourth-order valence-corrected chi connectivity index (χ4v) is 3.11. The molecule has 2 heterocycles. The van der Waals surface area contributed by atoms with Crippen molar-refractivity contribution in [2.75, 3.05) is 24.6 Å². The quantitative estimate of drug-likeness (QED) is 0.847. The topological polar surface area (TPSA) is 58.4 Å². The lowest BCUT2D eigenvalue weighted by Gasteiger charge is -2.32. The lowest BCUT2D eigenvalue weighted by molar-refractivity contribution is -0.142. The van der Waals surface area contributed by atoms with Crippen LogP contribution >= 0.6 is 11.8 Å². The van der Waals surface area contributed by atoms with Gasteiger partial charge in [-0.1, -0.05) is 0 Å². The molecule has 1 fully saturated rings. The van der Waals surface area contributed by atoms with Gasteiger partial charge in [0.1, 0.15) is 6.04 Å². The predicted octanol–water partition coefficient (Wildman–Crippen LogP) is 0.465. The number of carboxylic acid groups (broad SMARTS) is 1. The van der Waals surface area contributed by atoms with Gasteiger partial charge >= 0.3 is 5.97 Å². The first-order valence-corrected chi connectivity index (χ1v) is 6.84. The first kappa shape index (κ1) is 12.4. The van der Waals surface area contributed by atoms with Gasteiger partial charge in [-0.05, 0) is 12.0 Å². The summed E-state index contributed by atoms with van der Waals surface area (Å²) in [6.07, 6.45) is 4.69. The Balaban J connectivity index is 1.90. The van der Waals surface area contributed by atoms with Gasteiger partial charge in [-0.15, -0.1) is 0 Å². The van der Waals surface area contributed by atoms with Crippen LogP contribution in [0.1, 0.15) is 5.56 Å². The van der Waals surface area contributed by atoms with Gasteiger partial charge in [0.25, 0.3) is 0 Å². The monoisotopic (exact) mass is 255 g/mol. The Morgan fingerprint density at radius 2 is 2.53 bits per heavy atom. The van der Waals surface area contributed by atoms with Crippen molar-refractivity contribution in [2.45, 2.75) is 12.5 Å². The van der Waals surface area contributed by atoms with E-state index in [0.29, 0.717) is 5.75 Å². The molecule has 2 rings (SSSR count). The zero-order chi connectivity index (χ0) is 12.3. The van der Waals surface area contributed by atoms with Crippen molar-refractivity contribution in [2.24, 2.45) is 7.05 Å². The van der Waals surface area contributed by atoms with E-state index in [1.807, 2.05) is 19.4 Å². The summed E-state index contributed by atoms with van der Waals surface area (Å²) >= 11 is 1.72. The lowest BCUT2D eigenvalue weighted by atomic mass is 10.2. The number of aliphatic carboxylic acids is 1. The molecule has 0 bridgehead atoms. The van der Waals surface area contributed by atoms with Gasteiger partial charge < -0.3 is 5.11 Å². The van der Waals surface area contributed by atoms with E-state index >= 15 is 0 Å². The molecule has 1 aromatic rings. The van der Waals surface area contributed by atoms with Crippen LogP contribution in [-0.4, -0.2) is 56.4 Å². The molecule has 0 aromatic carbocycles. The van der Waals surface area contributed by atoms with Gasteiger partial charge in [0.2, 0.25) is 0 Å². The molecule has 1 aliphatic heterocycles. The van der Waals surface area contributed by atoms with Crippen molar-refractivity contribution < 1.29 is 9.90 Å². The Kier molecular flexibility index (Phi) is 4.06. The Labute approximate surface area is 105 Å². The Morgan fingerprint density at radius 1 is 1.71 bits per heavy atom. The Bertz CT molecular complexity index is 394. The van der Waals surface area contributed by atoms with Crippen molar-refractivity contribution >= 4 is 17.7 Å². The minimum absolute atomic E-state index is 0.328. The zero-order valence-electron chi connectivity index (χ0n) is 9.87. The first-order valence-electron chi connectivity index (χ1n) is 5.69. The summed E-state index contributed by atoms with van der Waals surface area (Å²) in [5.74, 6) is 1.02. The highest BCUT2D eigenvalue weighted by Crippen LogP contribution is 2.17. The highest BCUT2D eigenvalue weighted by molar-refractivity contribution is 7.99. The fourth-order valence-electron chi connectivity index (χ4n) is 2.01. The van der Waals surface area contributed by atoms with Crippen molar-refractivity contribution in [3.05, 3.63) is 18.0 Å². The van der Waals surface area contributed by atoms with Crippen LogP contribution in [0, 0.1) is 0 Å². The van der Waals surface area contributed by atoms with Gasteiger partial charge in [0.05, 0.1) is 6.20 Å². The normalized spacial score (nSPS) is 21.6. The number of hydrogen-bond acceptors (Lipinski definition) is 4. The molecule has 0 saturated carbocycles. The van der Waals surface area contributed by atoms with E-state index < -0.39 is 5.97 Å². The molecule has 1 N–H and O–H groups in total. The summed E-state index contributed by atoms with van der Waals surface area (Å²) < 4.78 is 1.77. The maximum Gasteiger partial charge on any atom is 0.321 e. The molecule has 94 valence electrons. The molecule has 0 radical (unpaired) electrons. The largest absolute Gasteiger partial charge is 0.480 e. The minimum Gasteiger partial charge on any atom is -0.480 e. The third-order valence-electron chi connectivity index (χ3n) is 2.97. The molecule has 6 heteroatoms. The van der Waals surface area contributed by atoms with Crippen LogP contribution in [0.15, 0.2) is 12.4 Å². The standard InChI is InChI=1S/C11H17N3O2S/c1-13-7-9(6-12-13)2-3-14-4-5-17-8-10(14)11(15)16/h6-7,10H,2-5,8H2,1H3,(H,15,16). The highest BCUT2D eigenvalue weighted by Gasteiger charge is 2.28. The molecule has 1 aliphatic rings. The molecule has 0 aliphatic carbocycles. The van der Waals surface area contributed by atoms with E-state index in [4.69, 9.17) is 5.11 Å². The van der Waals surface area contributed by atoms with E-state index in [-0.39, 0.29) is 6.04 Å². The summed E-state index contributed by atoms with van der Waals surface area (Å²) in [6, 6.07) is -0.328. The van der Waals surface area contributed by atoms with E-state index in [9.17, 15) is 4.79 Å².